The van der Waals surface area contributed by atoms with Crippen LogP contribution in [0, 0.1) is 0 Å². The highest BCUT2D eigenvalue weighted by Crippen LogP contribution is 2.17. The first-order valence-corrected chi connectivity index (χ1v) is 9.11. The molecule has 1 aromatic rings. The summed E-state index contributed by atoms with van der Waals surface area (Å²) in [5.74, 6) is 0.876. The van der Waals surface area contributed by atoms with Crippen LogP contribution in [0.25, 0.3) is 0 Å². The summed E-state index contributed by atoms with van der Waals surface area (Å²) in [6.07, 6.45) is -4.52. The van der Waals surface area contributed by atoms with Crippen LogP contribution in [0.5, 0.6) is 11.5 Å². The number of ether oxygens (including phenoxy) is 2. The van der Waals surface area contributed by atoms with E-state index in [4.69, 9.17) is 9.47 Å². The molecule has 1 fully saturated rings. The van der Waals surface area contributed by atoms with Gasteiger partial charge in [-0.05, 0) is 24.3 Å². The number of methoxy groups -OCH3 is 1. The number of hydrogen-bond acceptors (Lipinski definition) is 6. The molecule has 0 bridgehead atoms. The van der Waals surface area contributed by atoms with E-state index in [2.05, 4.69) is 4.90 Å². The van der Waals surface area contributed by atoms with Crippen LogP contribution in [-0.2, 0) is 4.79 Å². The number of benzene rings is 1. The van der Waals surface area contributed by atoms with Crippen LogP contribution in [0.4, 0.5) is 18.0 Å². The molecular weight excluding hydrogens is 393 g/mol. The predicted octanol–water partition coefficient (Wildman–Crippen LogP) is 1.08. The molecule has 0 spiro atoms. The lowest BCUT2D eigenvalue weighted by atomic mass is 10.3. The molecule has 0 radical (unpaired) electrons. The minimum absolute atomic E-state index is 0.0460. The van der Waals surface area contributed by atoms with E-state index in [1.165, 1.54) is 0 Å². The summed E-state index contributed by atoms with van der Waals surface area (Å²) in [5.41, 5.74) is 0. The number of imide groups is 1. The Kier molecular flexibility index (Phi) is 8.52. The van der Waals surface area contributed by atoms with E-state index in [9.17, 15) is 22.8 Å². The average molecular weight is 418 g/mol. The van der Waals surface area contributed by atoms with Gasteiger partial charge in [0.2, 0.25) is 5.91 Å². The first-order chi connectivity index (χ1) is 13.7. The lowest BCUT2D eigenvalue weighted by Gasteiger charge is -2.34. The summed E-state index contributed by atoms with van der Waals surface area (Å²) < 4.78 is 46.9. The number of halogens is 3. The van der Waals surface area contributed by atoms with Crippen molar-refractivity contribution >= 4 is 11.9 Å². The van der Waals surface area contributed by atoms with Crippen LogP contribution in [0.1, 0.15) is 0 Å². The molecule has 0 aromatic heterocycles. The van der Waals surface area contributed by atoms with Crippen molar-refractivity contribution in [2.45, 2.75) is 6.18 Å². The molecule has 1 aromatic carbocycles. The number of alkyl halides is 3. The second kappa shape index (κ2) is 10.9. The minimum atomic E-state index is -4.52. The van der Waals surface area contributed by atoms with Gasteiger partial charge in [-0.3, -0.25) is 19.9 Å². The Morgan fingerprint density at radius 3 is 2.21 bits per heavy atom. The highest BCUT2D eigenvalue weighted by molar-refractivity contribution is 5.95. The Morgan fingerprint density at radius 1 is 1.03 bits per heavy atom. The molecule has 2 N–H and O–H groups in total. The molecule has 1 aliphatic heterocycles. The van der Waals surface area contributed by atoms with Crippen LogP contribution >= 0.6 is 0 Å². The van der Waals surface area contributed by atoms with Gasteiger partial charge < -0.3 is 14.8 Å². The average Bonchev–Trinajstić information content (AvgIpc) is 2.68. The van der Waals surface area contributed by atoms with Gasteiger partial charge in [-0.1, -0.05) is 0 Å². The van der Waals surface area contributed by atoms with Gasteiger partial charge in [0.1, 0.15) is 24.7 Å². The van der Waals surface area contributed by atoms with Crippen molar-refractivity contribution in [1.29, 1.82) is 0 Å². The van der Waals surface area contributed by atoms with Gasteiger partial charge in [0.15, 0.2) is 0 Å². The fourth-order valence-electron chi connectivity index (χ4n) is 2.73. The van der Waals surface area contributed by atoms with Gasteiger partial charge in [-0.25, -0.2) is 4.79 Å². The highest BCUT2D eigenvalue weighted by atomic mass is 19.4. The van der Waals surface area contributed by atoms with Crippen molar-refractivity contribution in [2.24, 2.45) is 0 Å². The maximum absolute atomic E-state index is 12.0. The van der Waals surface area contributed by atoms with Gasteiger partial charge in [0, 0.05) is 32.7 Å². The van der Waals surface area contributed by atoms with Crippen molar-refractivity contribution < 1.29 is 32.2 Å². The fourth-order valence-corrected chi connectivity index (χ4v) is 2.73. The van der Waals surface area contributed by atoms with E-state index < -0.39 is 24.7 Å². The van der Waals surface area contributed by atoms with Crippen molar-refractivity contribution in [3.05, 3.63) is 24.3 Å². The van der Waals surface area contributed by atoms with Crippen LogP contribution in [0.3, 0.4) is 0 Å². The van der Waals surface area contributed by atoms with Crippen LogP contribution in [0.2, 0.25) is 0 Å². The predicted molar refractivity (Wildman–Crippen MR) is 99.0 cm³/mol. The molecule has 3 amide bonds. The van der Waals surface area contributed by atoms with E-state index in [1.807, 2.05) is 34.5 Å². The molecule has 2 rings (SSSR count). The van der Waals surface area contributed by atoms with Crippen molar-refractivity contribution in [3.8, 4) is 11.5 Å². The molecule has 0 unspecified atom stereocenters. The van der Waals surface area contributed by atoms with E-state index in [0.29, 0.717) is 19.7 Å². The quantitative estimate of drug-likeness (QED) is 0.658. The molecule has 1 aliphatic rings. The van der Waals surface area contributed by atoms with Gasteiger partial charge in [-0.2, -0.15) is 13.2 Å². The zero-order valence-corrected chi connectivity index (χ0v) is 16.1. The molecule has 0 atom stereocenters. The Morgan fingerprint density at radius 2 is 1.62 bits per heavy atom. The van der Waals surface area contributed by atoms with Crippen molar-refractivity contribution in [3.63, 3.8) is 0 Å². The van der Waals surface area contributed by atoms with E-state index in [0.717, 1.165) is 31.1 Å². The van der Waals surface area contributed by atoms with Crippen molar-refractivity contribution in [1.82, 2.24) is 20.4 Å². The van der Waals surface area contributed by atoms with Gasteiger partial charge in [0.05, 0.1) is 13.7 Å². The SMILES string of the molecule is COc1ccc(OCCN2CCN(CC(=O)NC(=O)NCC(F)(F)F)CC2)cc1. The number of hydrogen-bond donors (Lipinski definition) is 2. The topological polar surface area (TPSA) is 83.1 Å². The summed E-state index contributed by atoms with van der Waals surface area (Å²) >= 11 is 0. The molecule has 8 nitrogen and oxygen atoms in total. The normalized spacial score (nSPS) is 15.6. The van der Waals surface area contributed by atoms with Gasteiger partial charge >= 0.3 is 12.2 Å². The molecular formula is C18H25F3N4O4. The molecule has 29 heavy (non-hydrogen) atoms. The summed E-state index contributed by atoms with van der Waals surface area (Å²) in [4.78, 5) is 27.1. The summed E-state index contributed by atoms with van der Waals surface area (Å²) in [6.45, 7) is 2.39. The van der Waals surface area contributed by atoms with E-state index in [-0.39, 0.29) is 6.54 Å². The number of carbonyl (C=O) groups excluding carboxylic acids is 2. The molecule has 162 valence electrons. The van der Waals surface area contributed by atoms with Crippen LogP contribution in [-0.4, -0.2) is 87.4 Å². The molecule has 0 saturated carbocycles. The fraction of sp³-hybridized carbons (Fsp3) is 0.556. The highest BCUT2D eigenvalue weighted by Gasteiger charge is 2.28. The number of amides is 3. The number of carbonyl (C=O) groups is 2. The molecule has 1 heterocycles. The Balaban J connectivity index is 1.59. The van der Waals surface area contributed by atoms with E-state index in [1.54, 1.807) is 12.4 Å². The number of urea groups is 1. The molecule has 0 aliphatic carbocycles. The largest absolute Gasteiger partial charge is 0.497 e. The maximum Gasteiger partial charge on any atom is 0.405 e. The van der Waals surface area contributed by atoms with Gasteiger partial charge in [-0.15, -0.1) is 0 Å². The van der Waals surface area contributed by atoms with Crippen molar-refractivity contribution in [2.75, 3.05) is 59.5 Å². The molecule has 11 heteroatoms. The maximum atomic E-state index is 12.0. The molecule has 1 saturated heterocycles. The van der Waals surface area contributed by atoms with Crippen LogP contribution in [0.15, 0.2) is 24.3 Å². The third-order valence-electron chi connectivity index (χ3n) is 4.27. The zero-order chi connectivity index (χ0) is 21.3. The minimum Gasteiger partial charge on any atom is -0.497 e. The lowest BCUT2D eigenvalue weighted by Crippen LogP contribution is -2.52. The monoisotopic (exact) mass is 418 g/mol. The second-order valence-corrected chi connectivity index (χ2v) is 6.49. The Labute approximate surface area is 166 Å². The Bertz CT molecular complexity index is 662. The number of nitrogens with zero attached hydrogens (tertiary/aromatic N) is 2. The third kappa shape index (κ3) is 9.01. The standard InChI is InChI=1S/C18H25F3N4O4/c1-28-14-2-4-15(5-3-14)29-11-10-24-6-8-25(9-7-24)12-16(26)23-17(27)22-13-18(19,20)21/h2-5H,6-13H2,1H3,(H2,22,23,26,27). The van der Waals surface area contributed by atoms with E-state index >= 15 is 0 Å². The van der Waals surface area contributed by atoms with Crippen LogP contribution < -0.4 is 20.1 Å². The zero-order valence-electron chi connectivity index (χ0n) is 16.1. The Hall–Kier alpha value is -2.53. The second-order valence-electron chi connectivity index (χ2n) is 6.49. The summed E-state index contributed by atoms with van der Waals surface area (Å²) in [6, 6.07) is 6.16. The lowest BCUT2D eigenvalue weighted by molar-refractivity contribution is -0.125. The summed E-state index contributed by atoms with van der Waals surface area (Å²) in [7, 11) is 1.60. The smallest absolute Gasteiger partial charge is 0.405 e. The van der Waals surface area contributed by atoms with Gasteiger partial charge in [0.25, 0.3) is 0 Å². The number of rotatable bonds is 8. The first kappa shape index (κ1) is 22.8. The number of nitrogens with one attached hydrogen (secondary N) is 2. The third-order valence-corrected chi connectivity index (χ3v) is 4.27. The first-order valence-electron chi connectivity index (χ1n) is 9.11. The summed E-state index contributed by atoms with van der Waals surface area (Å²) in [5, 5.41) is 3.50. The number of piperazine rings is 1.